The number of carbonyl (C=O) groups excluding carboxylic acids is 5. The first-order valence-electron chi connectivity index (χ1n) is 12.9. The predicted molar refractivity (Wildman–Crippen MR) is 149 cm³/mol. The lowest BCUT2D eigenvalue weighted by molar-refractivity contribution is -0.148. The summed E-state index contributed by atoms with van der Waals surface area (Å²) >= 11 is 0. The highest BCUT2D eigenvalue weighted by atomic mass is 16.6. The number of nitrogens with zero attached hydrogens (tertiary/aromatic N) is 1. The smallest absolute Gasteiger partial charge is 0.331 e. The van der Waals surface area contributed by atoms with Crippen LogP contribution in [-0.2, 0) is 33.5 Å². The second kappa shape index (κ2) is 15.2. The van der Waals surface area contributed by atoms with Gasteiger partial charge in [-0.15, -0.1) is 0 Å². The van der Waals surface area contributed by atoms with Crippen molar-refractivity contribution in [1.82, 2.24) is 10.2 Å². The molecule has 1 aromatic rings. The van der Waals surface area contributed by atoms with Crippen molar-refractivity contribution in [3.63, 3.8) is 0 Å². The standard InChI is InChI=1S/C29H35N3O8/c1-29(2,3)40-28(39)15-11-21-10-8-20(9-14-27(37)38)19-22(21)31-24(34)16-17-30-23(33)7-5-4-6-18-32-25(35)12-13-26(32)36/h8-15,19H,4-7,16-18H2,1-3H3,(H,30,33)(H,31,34)(H,37,38). The molecule has 0 unspecified atom stereocenters. The molecule has 3 N–H and O–H groups in total. The molecule has 1 heterocycles. The largest absolute Gasteiger partial charge is 0.478 e. The molecule has 0 aliphatic carbocycles. The number of carbonyl (C=O) groups is 6. The summed E-state index contributed by atoms with van der Waals surface area (Å²) < 4.78 is 5.26. The van der Waals surface area contributed by atoms with Crippen molar-refractivity contribution in [2.75, 3.05) is 18.4 Å². The Kier molecular flexibility index (Phi) is 12.0. The molecular formula is C29H35N3O8. The van der Waals surface area contributed by atoms with E-state index in [0.29, 0.717) is 42.6 Å². The molecule has 214 valence electrons. The molecule has 11 heteroatoms. The van der Waals surface area contributed by atoms with E-state index in [2.05, 4.69) is 10.6 Å². The minimum Gasteiger partial charge on any atom is -0.478 e. The van der Waals surface area contributed by atoms with Gasteiger partial charge in [0.25, 0.3) is 11.8 Å². The molecule has 0 atom stereocenters. The van der Waals surface area contributed by atoms with Crippen molar-refractivity contribution in [2.24, 2.45) is 0 Å². The molecular weight excluding hydrogens is 518 g/mol. The van der Waals surface area contributed by atoms with Crippen molar-refractivity contribution < 1.29 is 38.6 Å². The normalized spacial score (nSPS) is 13.3. The van der Waals surface area contributed by atoms with E-state index in [0.717, 1.165) is 11.0 Å². The molecule has 1 aromatic carbocycles. The summed E-state index contributed by atoms with van der Waals surface area (Å²) in [6.45, 7) is 5.65. The first kappa shape index (κ1) is 31.7. The molecule has 1 aliphatic heterocycles. The number of aliphatic carboxylic acids is 1. The van der Waals surface area contributed by atoms with E-state index < -0.39 is 17.5 Å². The van der Waals surface area contributed by atoms with Crippen molar-refractivity contribution in [3.05, 3.63) is 53.6 Å². The SMILES string of the molecule is CC(C)(C)OC(=O)C=Cc1ccc(C=CC(=O)O)cc1NC(=O)CCNC(=O)CCCCCN1C(=O)C=CC1=O. The third-order valence-electron chi connectivity index (χ3n) is 5.44. The second-order valence-corrected chi connectivity index (χ2v) is 10.0. The Morgan fingerprint density at radius 3 is 2.27 bits per heavy atom. The zero-order valence-corrected chi connectivity index (χ0v) is 22.9. The van der Waals surface area contributed by atoms with Crippen molar-refractivity contribution in [3.8, 4) is 0 Å². The minimum absolute atomic E-state index is 0.0116. The number of ether oxygens (including phenoxy) is 1. The maximum absolute atomic E-state index is 12.6. The predicted octanol–water partition coefficient (Wildman–Crippen LogP) is 3.07. The number of esters is 1. The molecule has 4 amide bonds. The molecule has 1 aliphatic rings. The Bertz CT molecular complexity index is 1210. The first-order valence-corrected chi connectivity index (χ1v) is 12.9. The number of carboxylic acids is 1. The lowest BCUT2D eigenvalue weighted by atomic mass is 10.1. The average molecular weight is 554 g/mol. The van der Waals surface area contributed by atoms with Gasteiger partial charge in [0.2, 0.25) is 11.8 Å². The summed E-state index contributed by atoms with van der Waals surface area (Å²) in [6, 6.07) is 4.84. The van der Waals surface area contributed by atoms with E-state index in [1.54, 1.807) is 39.0 Å². The third kappa shape index (κ3) is 11.9. The van der Waals surface area contributed by atoms with Crippen molar-refractivity contribution in [1.29, 1.82) is 0 Å². The third-order valence-corrected chi connectivity index (χ3v) is 5.44. The van der Waals surface area contributed by atoms with Gasteiger partial charge in [0, 0.05) is 55.9 Å². The number of unbranched alkanes of at least 4 members (excludes halogenated alkanes) is 2. The molecule has 0 fully saturated rings. The highest BCUT2D eigenvalue weighted by molar-refractivity contribution is 6.12. The number of hydrogen-bond acceptors (Lipinski definition) is 7. The van der Waals surface area contributed by atoms with Crippen LogP contribution in [0.5, 0.6) is 0 Å². The van der Waals surface area contributed by atoms with Gasteiger partial charge in [-0.1, -0.05) is 18.6 Å². The van der Waals surface area contributed by atoms with Crippen LogP contribution in [0.2, 0.25) is 0 Å². The fraction of sp³-hybridized carbons (Fsp3) is 0.379. The Labute approximate surface area is 232 Å². The molecule has 0 radical (unpaired) electrons. The van der Waals surface area contributed by atoms with Gasteiger partial charge in [0.15, 0.2) is 0 Å². The lowest BCUT2D eigenvalue weighted by Crippen LogP contribution is -2.31. The monoisotopic (exact) mass is 553 g/mol. The maximum atomic E-state index is 12.6. The second-order valence-electron chi connectivity index (χ2n) is 10.0. The van der Waals surface area contributed by atoms with Crippen LogP contribution < -0.4 is 10.6 Å². The Balaban J connectivity index is 1.85. The molecule has 0 bridgehead atoms. The number of nitrogens with one attached hydrogen (secondary N) is 2. The van der Waals surface area contributed by atoms with E-state index >= 15 is 0 Å². The zero-order chi connectivity index (χ0) is 29.7. The van der Waals surface area contributed by atoms with E-state index in [1.807, 2.05) is 0 Å². The molecule has 0 saturated carbocycles. The number of anilines is 1. The fourth-order valence-electron chi connectivity index (χ4n) is 3.59. The van der Waals surface area contributed by atoms with E-state index in [4.69, 9.17) is 9.84 Å². The number of rotatable bonds is 14. The van der Waals surface area contributed by atoms with Gasteiger partial charge in [-0.25, -0.2) is 9.59 Å². The van der Waals surface area contributed by atoms with E-state index in [9.17, 15) is 28.8 Å². The van der Waals surface area contributed by atoms with Crippen LogP contribution in [-0.4, -0.2) is 64.3 Å². The number of amides is 4. The summed E-state index contributed by atoms with van der Waals surface area (Å²) in [5.41, 5.74) is 0.716. The number of carboxylic acid groups (broad SMARTS) is 1. The Hall–Kier alpha value is -4.54. The highest BCUT2D eigenvalue weighted by Crippen LogP contribution is 2.21. The Morgan fingerprint density at radius 2 is 1.62 bits per heavy atom. The lowest BCUT2D eigenvalue weighted by Gasteiger charge is -2.18. The van der Waals surface area contributed by atoms with Crippen LogP contribution in [0.1, 0.15) is 64.0 Å². The molecule has 11 nitrogen and oxygen atoms in total. The molecule has 0 saturated heterocycles. The van der Waals surface area contributed by atoms with Gasteiger partial charge >= 0.3 is 11.9 Å². The number of imide groups is 1. The Morgan fingerprint density at radius 1 is 0.925 bits per heavy atom. The van der Waals surface area contributed by atoms with E-state index in [1.165, 1.54) is 30.4 Å². The van der Waals surface area contributed by atoms with Crippen LogP contribution >= 0.6 is 0 Å². The van der Waals surface area contributed by atoms with Crippen LogP contribution in [0.3, 0.4) is 0 Å². The average Bonchev–Trinajstić information content (AvgIpc) is 3.17. The quantitative estimate of drug-likeness (QED) is 0.137. The molecule has 0 aromatic heterocycles. The summed E-state index contributed by atoms with van der Waals surface area (Å²) in [6.07, 6.45) is 9.61. The van der Waals surface area contributed by atoms with E-state index in [-0.39, 0.29) is 43.0 Å². The van der Waals surface area contributed by atoms with Gasteiger partial charge < -0.3 is 20.5 Å². The van der Waals surface area contributed by atoms with Gasteiger partial charge in [0.1, 0.15) is 5.60 Å². The first-order chi connectivity index (χ1) is 18.8. The number of hydrogen-bond donors (Lipinski definition) is 3. The van der Waals surface area contributed by atoms with Crippen LogP contribution in [0, 0.1) is 0 Å². The van der Waals surface area contributed by atoms with Crippen LogP contribution in [0.4, 0.5) is 5.69 Å². The summed E-state index contributed by atoms with van der Waals surface area (Å²) in [5, 5.41) is 14.3. The molecule has 2 rings (SSSR count). The molecule has 0 spiro atoms. The molecule has 40 heavy (non-hydrogen) atoms. The summed E-state index contributed by atoms with van der Waals surface area (Å²) in [4.78, 5) is 71.8. The van der Waals surface area contributed by atoms with Gasteiger partial charge in [-0.3, -0.25) is 24.1 Å². The van der Waals surface area contributed by atoms with Crippen LogP contribution in [0.25, 0.3) is 12.2 Å². The van der Waals surface area contributed by atoms with Gasteiger partial charge in [-0.05, 0) is 63.0 Å². The highest BCUT2D eigenvalue weighted by Gasteiger charge is 2.22. The maximum Gasteiger partial charge on any atom is 0.331 e. The summed E-state index contributed by atoms with van der Waals surface area (Å²) in [5.74, 6) is -2.93. The van der Waals surface area contributed by atoms with Gasteiger partial charge in [-0.2, -0.15) is 0 Å². The minimum atomic E-state index is -1.12. The van der Waals surface area contributed by atoms with Crippen molar-refractivity contribution >= 4 is 53.4 Å². The topological polar surface area (TPSA) is 159 Å². The van der Waals surface area contributed by atoms with Crippen LogP contribution in [0.15, 0.2) is 42.5 Å². The summed E-state index contributed by atoms with van der Waals surface area (Å²) in [7, 11) is 0. The number of benzene rings is 1. The van der Waals surface area contributed by atoms with Gasteiger partial charge in [0.05, 0.1) is 0 Å². The zero-order valence-electron chi connectivity index (χ0n) is 22.9. The van der Waals surface area contributed by atoms with Crippen molar-refractivity contribution in [2.45, 2.75) is 58.5 Å². The fourth-order valence-corrected chi connectivity index (χ4v) is 3.59.